The Morgan fingerprint density at radius 1 is 1.62 bits per heavy atom. The number of hydrogen-bond donors (Lipinski definition) is 1. The Hall–Kier alpha value is 0.0949. The molecule has 16 heavy (non-hydrogen) atoms. The minimum absolute atomic E-state index is 0.0398. The van der Waals surface area contributed by atoms with E-state index in [1.54, 1.807) is 14.0 Å². The topological polar surface area (TPSA) is 74.2 Å². The summed E-state index contributed by atoms with van der Waals surface area (Å²) in [5.74, 6) is 0. The van der Waals surface area contributed by atoms with Crippen LogP contribution in [0.3, 0.4) is 0 Å². The van der Waals surface area contributed by atoms with Crippen LogP contribution in [0.25, 0.3) is 0 Å². The van der Waals surface area contributed by atoms with Crippen LogP contribution in [0.2, 0.25) is 0 Å². The molecule has 4 atom stereocenters. The molecule has 6 nitrogen and oxygen atoms in total. The highest BCUT2D eigenvalue weighted by molar-refractivity contribution is 7.47. The number of methoxy groups -OCH3 is 1. The zero-order valence-corrected chi connectivity index (χ0v) is 10.9. The summed E-state index contributed by atoms with van der Waals surface area (Å²) in [4.78, 5) is 9.29. The molecule has 0 bridgehead atoms. The van der Waals surface area contributed by atoms with Crippen LogP contribution in [-0.4, -0.2) is 51.3 Å². The SMILES string of the molecule is B[C@H]1CC(OP(=O)(O)OC)[C@@](C)(COC)O1. The second-order valence-corrected chi connectivity index (χ2v) is 5.67. The highest BCUT2D eigenvalue weighted by atomic mass is 31.2. The molecule has 0 aromatic carbocycles. The lowest BCUT2D eigenvalue weighted by atomic mass is 9.93. The highest BCUT2D eigenvalue weighted by Crippen LogP contribution is 2.48. The van der Waals surface area contributed by atoms with Crippen LogP contribution < -0.4 is 0 Å². The molecular formula is C8H18BO6P. The fraction of sp³-hybridized carbons (Fsp3) is 1.00. The van der Waals surface area contributed by atoms with Crippen molar-refractivity contribution in [3.05, 3.63) is 0 Å². The van der Waals surface area contributed by atoms with Crippen molar-refractivity contribution in [1.29, 1.82) is 0 Å². The molecule has 0 aromatic rings. The molecule has 1 rings (SSSR count). The van der Waals surface area contributed by atoms with E-state index >= 15 is 0 Å². The van der Waals surface area contributed by atoms with Crippen LogP contribution >= 0.6 is 7.82 Å². The summed E-state index contributed by atoms with van der Waals surface area (Å²) in [6.07, 6.45) is 0.0200. The molecule has 1 aliphatic heterocycles. The Labute approximate surface area is 96.2 Å². The van der Waals surface area contributed by atoms with Crippen LogP contribution in [0.4, 0.5) is 0 Å². The van der Waals surface area contributed by atoms with Gasteiger partial charge >= 0.3 is 7.82 Å². The van der Waals surface area contributed by atoms with Crippen molar-refractivity contribution in [1.82, 2.24) is 0 Å². The molecule has 0 saturated carbocycles. The van der Waals surface area contributed by atoms with Crippen molar-refractivity contribution < 1.29 is 28.0 Å². The molecule has 1 aliphatic rings. The van der Waals surface area contributed by atoms with Crippen molar-refractivity contribution in [3.63, 3.8) is 0 Å². The minimum atomic E-state index is -3.99. The van der Waals surface area contributed by atoms with Gasteiger partial charge in [0.1, 0.15) is 19.6 Å². The van der Waals surface area contributed by atoms with Crippen LogP contribution in [-0.2, 0) is 23.1 Å². The van der Waals surface area contributed by atoms with Crippen molar-refractivity contribution in [3.8, 4) is 0 Å². The second-order valence-electron chi connectivity index (χ2n) is 4.16. The van der Waals surface area contributed by atoms with Crippen molar-refractivity contribution in [2.24, 2.45) is 0 Å². The maximum absolute atomic E-state index is 11.4. The van der Waals surface area contributed by atoms with E-state index in [0.29, 0.717) is 13.0 Å². The summed E-state index contributed by atoms with van der Waals surface area (Å²) in [5.41, 5.74) is -0.717. The van der Waals surface area contributed by atoms with Crippen LogP contribution in [0, 0.1) is 0 Å². The fourth-order valence-electron chi connectivity index (χ4n) is 1.91. The fourth-order valence-corrected chi connectivity index (χ4v) is 2.62. The lowest BCUT2D eigenvalue weighted by molar-refractivity contribution is -0.0917. The molecule has 0 amide bonds. The predicted octanol–water partition coefficient (Wildman–Crippen LogP) is -0.0970. The number of phosphoric acid groups is 1. The van der Waals surface area contributed by atoms with E-state index in [-0.39, 0.29) is 6.00 Å². The number of ether oxygens (including phenoxy) is 2. The van der Waals surface area contributed by atoms with Gasteiger partial charge in [0.2, 0.25) is 0 Å². The summed E-state index contributed by atoms with van der Waals surface area (Å²) < 4.78 is 31.5. The molecular weight excluding hydrogens is 234 g/mol. The number of hydrogen-bond acceptors (Lipinski definition) is 5. The van der Waals surface area contributed by atoms with Gasteiger partial charge in [-0.25, -0.2) is 4.57 Å². The summed E-state index contributed by atoms with van der Waals surface area (Å²) in [5, 5.41) is 0. The predicted molar refractivity (Wildman–Crippen MR) is 60.0 cm³/mol. The lowest BCUT2D eigenvalue weighted by Crippen LogP contribution is -2.41. The van der Waals surface area contributed by atoms with Gasteiger partial charge in [0, 0.05) is 20.2 Å². The third-order valence-corrected chi connectivity index (χ3v) is 3.60. The third kappa shape index (κ3) is 3.29. The molecule has 0 aliphatic carbocycles. The Balaban J connectivity index is 2.74. The standard InChI is InChI=1S/C8H18BO6P/c1-8(5-12-2)6(4-7(9)14-8)15-16(10,11)13-3/h6-7H,4-5,9H2,1-3H3,(H,10,11)/t6?,7-,8-/m1/s1. The van der Waals surface area contributed by atoms with Crippen LogP contribution in [0.5, 0.6) is 0 Å². The molecule has 1 saturated heterocycles. The van der Waals surface area contributed by atoms with Gasteiger partial charge in [-0.1, -0.05) is 0 Å². The molecule has 0 radical (unpaired) electrons. The zero-order chi connectivity index (χ0) is 12.4. The van der Waals surface area contributed by atoms with Gasteiger partial charge in [-0.3, -0.25) is 9.05 Å². The smallest absolute Gasteiger partial charge is 0.382 e. The number of rotatable bonds is 5. The summed E-state index contributed by atoms with van der Waals surface area (Å²) in [6.45, 7) is 2.09. The molecule has 1 N–H and O–H groups in total. The molecule has 0 aromatic heterocycles. The van der Waals surface area contributed by atoms with Crippen molar-refractivity contribution >= 4 is 15.7 Å². The molecule has 2 unspecified atom stereocenters. The molecule has 94 valence electrons. The van der Waals surface area contributed by atoms with E-state index in [4.69, 9.17) is 14.0 Å². The normalized spacial score (nSPS) is 38.5. The molecule has 1 heterocycles. The monoisotopic (exact) mass is 252 g/mol. The summed E-state index contributed by atoms with van der Waals surface area (Å²) in [6, 6.07) is -0.0398. The van der Waals surface area contributed by atoms with E-state index in [0.717, 1.165) is 7.11 Å². The average Bonchev–Trinajstić information content (AvgIpc) is 2.41. The van der Waals surface area contributed by atoms with Gasteiger partial charge in [-0.05, 0) is 13.3 Å². The van der Waals surface area contributed by atoms with E-state index in [2.05, 4.69) is 4.52 Å². The Morgan fingerprint density at radius 2 is 2.25 bits per heavy atom. The maximum Gasteiger partial charge on any atom is 0.472 e. The molecule has 8 heteroatoms. The zero-order valence-electron chi connectivity index (χ0n) is 10.0. The largest absolute Gasteiger partial charge is 0.472 e. The summed E-state index contributed by atoms with van der Waals surface area (Å²) >= 11 is 0. The summed E-state index contributed by atoms with van der Waals surface area (Å²) in [7, 11) is 0.571. The van der Waals surface area contributed by atoms with Crippen LogP contribution in [0.1, 0.15) is 13.3 Å². The third-order valence-electron chi connectivity index (χ3n) is 2.62. The van der Waals surface area contributed by atoms with Gasteiger partial charge in [-0.15, -0.1) is 0 Å². The lowest BCUT2D eigenvalue weighted by Gasteiger charge is -2.30. The van der Waals surface area contributed by atoms with Gasteiger partial charge in [0.05, 0.1) is 6.61 Å². The van der Waals surface area contributed by atoms with Gasteiger partial charge in [-0.2, -0.15) is 0 Å². The first-order chi connectivity index (χ1) is 7.33. The van der Waals surface area contributed by atoms with Gasteiger partial charge in [0.15, 0.2) is 0 Å². The van der Waals surface area contributed by atoms with Crippen LogP contribution in [0.15, 0.2) is 0 Å². The average molecular weight is 252 g/mol. The Kier molecular flexibility index (Phi) is 4.57. The van der Waals surface area contributed by atoms with E-state index in [9.17, 15) is 9.46 Å². The molecule has 1 fully saturated rings. The molecule has 0 spiro atoms. The number of phosphoric ester groups is 1. The van der Waals surface area contributed by atoms with Gasteiger partial charge in [0.25, 0.3) is 0 Å². The second kappa shape index (κ2) is 5.17. The Morgan fingerprint density at radius 3 is 2.75 bits per heavy atom. The Bertz CT molecular complexity index is 288. The van der Waals surface area contributed by atoms with Gasteiger partial charge < -0.3 is 14.4 Å². The first kappa shape index (κ1) is 14.2. The highest BCUT2D eigenvalue weighted by Gasteiger charge is 2.47. The van der Waals surface area contributed by atoms with Crippen molar-refractivity contribution in [2.75, 3.05) is 20.8 Å². The van der Waals surface area contributed by atoms with Crippen molar-refractivity contribution in [2.45, 2.75) is 31.1 Å². The first-order valence-corrected chi connectivity index (χ1v) is 6.56. The first-order valence-electron chi connectivity index (χ1n) is 5.06. The minimum Gasteiger partial charge on any atom is -0.382 e. The van der Waals surface area contributed by atoms with E-state index in [1.807, 2.05) is 7.85 Å². The van der Waals surface area contributed by atoms with E-state index in [1.165, 1.54) is 0 Å². The quantitative estimate of drug-likeness (QED) is 0.544. The van der Waals surface area contributed by atoms with E-state index < -0.39 is 19.5 Å². The maximum atomic E-state index is 11.4.